The van der Waals surface area contributed by atoms with Crippen LogP contribution in [0.2, 0.25) is 0 Å². The summed E-state index contributed by atoms with van der Waals surface area (Å²) in [4.78, 5) is 19.1. The van der Waals surface area contributed by atoms with Crippen LogP contribution in [0.4, 0.5) is 0 Å². The van der Waals surface area contributed by atoms with Crippen LogP contribution < -0.4 is 15.4 Å². The summed E-state index contributed by atoms with van der Waals surface area (Å²) < 4.78 is 6.08. The second-order valence-corrected chi connectivity index (χ2v) is 6.97. The molecule has 1 amide bonds. The number of amides is 1. The third kappa shape index (κ3) is 6.52. The second-order valence-electron chi connectivity index (χ2n) is 6.97. The van der Waals surface area contributed by atoms with Crippen LogP contribution in [0, 0.1) is 0 Å². The minimum absolute atomic E-state index is 0.0651. The zero-order valence-electron chi connectivity index (χ0n) is 17.0. The van der Waals surface area contributed by atoms with Crippen LogP contribution >= 0.6 is 0 Å². The maximum Gasteiger partial charge on any atom is 0.251 e. The summed E-state index contributed by atoms with van der Waals surface area (Å²) in [6.07, 6.45) is 2.16. The molecule has 29 heavy (non-hydrogen) atoms. The highest BCUT2D eigenvalue weighted by atomic mass is 16.5. The van der Waals surface area contributed by atoms with Gasteiger partial charge in [0.15, 0.2) is 5.96 Å². The van der Waals surface area contributed by atoms with E-state index >= 15 is 0 Å². The van der Waals surface area contributed by atoms with Gasteiger partial charge in [0, 0.05) is 44.6 Å². The number of nitrogens with one attached hydrogen (secondary N) is 2. The fourth-order valence-corrected chi connectivity index (χ4v) is 3.33. The van der Waals surface area contributed by atoms with Crippen molar-refractivity contribution < 1.29 is 9.53 Å². The van der Waals surface area contributed by atoms with Gasteiger partial charge in [-0.2, -0.15) is 0 Å². The van der Waals surface area contributed by atoms with E-state index in [2.05, 4.69) is 27.4 Å². The molecule has 2 aromatic rings. The lowest BCUT2D eigenvalue weighted by molar-refractivity contribution is 0.0954. The van der Waals surface area contributed by atoms with Crippen LogP contribution in [-0.2, 0) is 0 Å². The largest absolute Gasteiger partial charge is 0.490 e. The Labute approximate surface area is 173 Å². The fraction of sp³-hybridized carbons (Fsp3) is 0.391. The molecular weight excluding hydrogens is 364 g/mol. The van der Waals surface area contributed by atoms with Gasteiger partial charge in [-0.3, -0.25) is 9.79 Å². The van der Waals surface area contributed by atoms with Gasteiger partial charge >= 0.3 is 0 Å². The Morgan fingerprint density at radius 1 is 1.03 bits per heavy atom. The van der Waals surface area contributed by atoms with E-state index in [1.54, 1.807) is 0 Å². The molecule has 0 atom stereocenters. The molecule has 1 aliphatic rings. The summed E-state index contributed by atoms with van der Waals surface area (Å²) in [6, 6.07) is 19.2. The molecule has 1 aliphatic heterocycles. The lowest BCUT2D eigenvalue weighted by Crippen LogP contribution is -2.47. The lowest BCUT2D eigenvalue weighted by Gasteiger charge is -2.34. The molecule has 2 aromatic carbocycles. The number of carbonyl (C=O) groups is 1. The number of nitrogens with zero attached hydrogens (tertiary/aromatic N) is 2. The molecule has 0 saturated carbocycles. The smallest absolute Gasteiger partial charge is 0.251 e. The molecule has 1 saturated heterocycles. The van der Waals surface area contributed by atoms with Crippen LogP contribution in [0.1, 0.15) is 30.1 Å². The first-order valence-electron chi connectivity index (χ1n) is 10.3. The van der Waals surface area contributed by atoms with Gasteiger partial charge in [0.1, 0.15) is 11.9 Å². The molecule has 154 valence electrons. The van der Waals surface area contributed by atoms with Crippen LogP contribution in [-0.4, -0.2) is 55.6 Å². The molecule has 0 aromatic heterocycles. The Morgan fingerprint density at radius 2 is 1.69 bits per heavy atom. The maximum atomic E-state index is 12.1. The molecule has 3 rings (SSSR count). The SMILES string of the molecule is CCNC(=NCCNC(=O)c1ccccc1)N1CCC(Oc2ccccc2)CC1. The fourth-order valence-electron chi connectivity index (χ4n) is 3.33. The predicted molar refractivity (Wildman–Crippen MR) is 116 cm³/mol. The third-order valence-corrected chi connectivity index (χ3v) is 4.82. The van der Waals surface area contributed by atoms with E-state index in [1.807, 2.05) is 60.7 Å². The Morgan fingerprint density at radius 3 is 2.34 bits per heavy atom. The summed E-state index contributed by atoms with van der Waals surface area (Å²) in [7, 11) is 0. The van der Waals surface area contributed by atoms with Crippen molar-refractivity contribution in [1.82, 2.24) is 15.5 Å². The Kier molecular flexibility index (Phi) is 7.92. The van der Waals surface area contributed by atoms with Gasteiger partial charge in [-0.05, 0) is 31.2 Å². The highest BCUT2D eigenvalue weighted by Crippen LogP contribution is 2.18. The van der Waals surface area contributed by atoms with E-state index < -0.39 is 0 Å². The van der Waals surface area contributed by atoms with Crippen LogP contribution in [0.5, 0.6) is 5.75 Å². The summed E-state index contributed by atoms with van der Waals surface area (Å²) in [6.45, 7) is 5.74. The molecule has 1 heterocycles. The monoisotopic (exact) mass is 394 g/mol. The van der Waals surface area contributed by atoms with E-state index in [4.69, 9.17) is 4.74 Å². The molecule has 2 N–H and O–H groups in total. The molecule has 6 nitrogen and oxygen atoms in total. The molecule has 0 aliphatic carbocycles. The Balaban J connectivity index is 1.45. The van der Waals surface area contributed by atoms with Crippen molar-refractivity contribution in [1.29, 1.82) is 0 Å². The minimum atomic E-state index is -0.0651. The summed E-state index contributed by atoms with van der Waals surface area (Å²) in [5.41, 5.74) is 0.670. The minimum Gasteiger partial charge on any atom is -0.490 e. The summed E-state index contributed by atoms with van der Waals surface area (Å²) in [5, 5.41) is 6.28. The molecule has 0 unspecified atom stereocenters. The molecular formula is C23H30N4O2. The average molecular weight is 395 g/mol. The quantitative estimate of drug-likeness (QED) is 0.431. The number of aliphatic imine (C=N–C) groups is 1. The number of piperidine rings is 1. The number of guanidine groups is 1. The Hall–Kier alpha value is -3.02. The standard InChI is InChI=1S/C23H30N4O2/c1-2-24-23(26-16-15-25-22(28)19-9-5-3-6-10-19)27-17-13-21(14-18-27)29-20-11-7-4-8-12-20/h3-12,21H,2,13-18H2,1H3,(H,24,26)(H,25,28). The molecule has 0 radical (unpaired) electrons. The van der Waals surface area contributed by atoms with Crippen LogP contribution in [0.3, 0.4) is 0 Å². The first-order chi connectivity index (χ1) is 14.3. The van der Waals surface area contributed by atoms with Crippen molar-refractivity contribution in [3.05, 3.63) is 66.2 Å². The lowest BCUT2D eigenvalue weighted by atomic mass is 10.1. The van der Waals surface area contributed by atoms with Gasteiger partial charge in [-0.25, -0.2) is 0 Å². The number of carbonyl (C=O) groups excluding carboxylic acids is 1. The zero-order valence-corrected chi connectivity index (χ0v) is 17.0. The zero-order chi connectivity index (χ0) is 20.3. The highest BCUT2D eigenvalue weighted by Gasteiger charge is 2.22. The number of likely N-dealkylation sites (tertiary alicyclic amines) is 1. The van der Waals surface area contributed by atoms with Gasteiger partial charge < -0.3 is 20.3 Å². The van der Waals surface area contributed by atoms with Crippen molar-refractivity contribution in [2.75, 3.05) is 32.7 Å². The average Bonchev–Trinajstić information content (AvgIpc) is 2.78. The number of ether oxygens (including phenoxy) is 1. The molecule has 0 bridgehead atoms. The highest BCUT2D eigenvalue weighted by molar-refractivity contribution is 5.94. The van der Waals surface area contributed by atoms with E-state index in [9.17, 15) is 4.79 Å². The summed E-state index contributed by atoms with van der Waals surface area (Å²) in [5.74, 6) is 1.77. The predicted octanol–water partition coefficient (Wildman–Crippen LogP) is 2.93. The van der Waals surface area contributed by atoms with Gasteiger partial charge in [0.25, 0.3) is 5.91 Å². The molecule has 1 fully saturated rings. The molecule has 6 heteroatoms. The van der Waals surface area contributed by atoms with E-state index in [-0.39, 0.29) is 12.0 Å². The van der Waals surface area contributed by atoms with Gasteiger partial charge in [-0.1, -0.05) is 36.4 Å². The number of hydrogen-bond donors (Lipinski definition) is 2. The van der Waals surface area contributed by atoms with Gasteiger partial charge in [0.05, 0.1) is 6.54 Å². The van der Waals surface area contributed by atoms with Crippen LogP contribution in [0.15, 0.2) is 65.7 Å². The van der Waals surface area contributed by atoms with Gasteiger partial charge in [0.2, 0.25) is 0 Å². The normalized spacial score (nSPS) is 15.1. The summed E-state index contributed by atoms with van der Waals surface area (Å²) >= 11 is 0. The third-order valence-electron chi connectivity index (χ3n) is 4.82. The van der Waals surface area contributed by atoms with Crippen molar-refractivity contribution in [2.24, 2.45) is 4.99 Å². The van der Waals surface area contributed by atoms with Crippen molar-refractivity contribution in [3.63, 3.8) is 0 Å². The first kappa shape index (κ1) is 20.7. The second kappa shape index (κ2) is 11.1. The van der Waals surface area contributed by atoms with Gasteiger partial charge in [-0.15, -0.1) is 0 Å². The molecule has 0 spiro atoms. The maximum absolute atomic E-state index is 12.1. The van der Waals surface area contributed by atoms with E-state index in [0.717, 1.165) is 44.2 Å². The topological polar surface area (TPSA) is 66.0 Å². The Bertz CT molecular complexity index is 772. The van der Waals surface area contributed by atoms with E-state index in [0.29, 0.717) is 18.7 Å². The van der Waals surface area contributed by atoms with E-state index in [1.165, 1.54) is 0 Å². The number of para-hydroxylation sites is 1. The number of rotatable bonds is 7. The van der Waals surface area contributed by atoms with Crippen molar-refractivity contribution in [2.45, 2.75) is 25.9 Å². The first-order valence-corrected chi connectivity index (χ1v) is 10.3. The van der Waals surface area contributed by atoms with Crippen LogP contribution in [0.25, 0.3) is 0 Å². The van der Waals surface area contributed by atoms with Crippen molar-refractivity contribution in [3.8, 4) is 5.75 Å². The number of benzene rings is 2. The number of hydrogen-bond acceptors (Lipinski definition) is 3. The van der Waals surface area contributed by atoms with Crippen molar-refractivity contribution >= 4 is 11.9 Å².